The number of unbranched alkanes of at least 4 members (excludes halogenated alkanes) is 2. The molecule has 0 heterocycles. The summed E-state index contributed by atoms with van der Waals surface area (Å²) in [5.74, 6) is 3.66. The first kappa shape index (κ1) is 53.2. The van der Waals surface area contributed by atoms with Crippen molar-refractivity contribution in [3.8, 4) is 0 Å². The van der Waals surface area contributed by atoms with E-state index in [1.165, 1.54) is 94.6 Å². The maximum atomic E-state index is 3.91. The van der Waals surface area contributed by atoms with Crippen LogP contribution in [0.1, 0.15) is 205 Å². The first-order chi connectivity index (χ1) is 21.3. The maximum Gasteiger partial charge on any atom is -0.0149 e. The molecular formula is C45H90. The molecule has 0 radical (unpaired) electrons. The lowest BCUT2D eigenvalue weighted by Crippen LogP contribution is -2.23. The van der Waals surface area contributed by atoms with Crippen LogP contribution in [0.3, 0.4) is 0 Å². The minimum atomic E-state index is 0.375. The summed E-state index contributed by atoms with van der Waals surface area (Å²) in [4.78, 5) is 0. The number of hydrogen-bond acceptors (Lipinski definition) is 0. The molecule has 0 spiro atoms. The van der Waals surface area contributed by atoms with Crippen LogP contribution in [0.15, 0.2) is 43.5 Å². The van der Waals surface area contributed by atoms with Crippen LogP contribution in [0.2, 0.25) is 0 Å². The van der Waals surface area contributed by atoms with Gasteiger partial charge in [-0.15, -0.1) is 6.58 Å². The van der Waals surface area contributed by atoms with E-state index in [2.05, 4.69) is 114 Å². The fourth-order valence-electron chi connectivity index (χ4n) is 5.13. The Hall–Kier alpha value is -1.30. The minimum Gasteiger partial charge on any atom is -0.103 e. The highest BCUT2D eigenvalue weighted by atomic mass is 14.3. The zero-order valence-corrected chi connectivity index (χ0v) is 34.8. The molecule has 0 saturated heterocycles. The first-order valence-electron chi connectivity index (χ1n) is 19.7. The SMILES string of the molecule is C=C(C)c1ccccc1C.C=CC(C)(C)C1CCCCC1.CC.CC.CCC.CCC(C)CCC(CC)C(C)C.CCCCC. The van der Waals surface area contributed by atoms with Gasteiger partial charge >= 0.3 is 0 Å². The van der Waals surface area contributed by atoms with Crippen molar-refractivity contribution >= 4 is 5.57 Å². The Balaban J connectivity index is -0.000000152. The Morgan fingerprint density at radius 1 is 0.822 bits per heavy atom. The second-order valence-electron chi connectivity index (χ2n) is 13.5. The van der Waals surface area contributed by atoms with Crippen LogP contribution < -0.4 is 0 Å². The lowest BCUT2D eigenvalue weighted by atomic mass is 9.71. The van der Waals surface area contributed by atoms with Crippen molar-refractivity contribution in [2.24, 2.45) is 29.1 Å². The summed E-state index contributed by atoms with van der Waals surface area (Å²) in [5.41, 5.74) is 4.08. The highest BCUT2D eigenvalue weighted by Gasteiger charge is 2.27. The van der Waals surface area contributed by atoms with Crippen LogP contribution in [0.5, 0.6) is 0 Å². The van der Waals surface area contributed by atoms with Crippen molar-refractivity contribution in [3.63, 3.8) is 0 Å². The van der Waals surface area contributed by atoms with Crippen LogP contribution in [-0.4, -0.2) is 0 Å². The van der Waals surface area contributed by atoms with Crippen molar-refractivity contribution < 1.29 is 0 Å². The van der Waals surface area contributed by atoms with Gasteiger partial charge in [0, 0.05) is 0 Å². The van der Waals surface area contributed by atoms with E-state index in [1.54, 1.807) is 0 Å². The molecule has 0 nitrogen and oxygen atoms in total. The average Bonchev–Trinajstić information content (AvgIpc) is 3.05. The van der Waals surface area contributed by atoms with Crippen molar-refractivity contribution in [2.75, 3.05) is 0 Å². The van der Waals surface area contributed by atoms with Gasteiger partial charge in [-0.05, 0) is 73.3 Å². The van der Waals surface area contributed by atoms with Gasteiger partial charge in [-0.3, -0.25) is 0 Å². The average molecular weight is 631 g/mol. The number of hydrogen-bond donors (Lipinski definition) is 0. The molecule has 2 rings (SSSR count). The summed E-state index contributed by atoms with van der Waals surface area (Å²) < 4.78 is 0. The van der Waals surface area contributed by atoms with E-state index >= 15 is 0 Å². The molecule has 2 atom stereocenters. The van der Waals surface area contributed by atoms with Gasteiger partial charge in [-0.25, -0.2) is 0 Å². The number of aryl methyl sites for hydroxylation is 1. The first-order valence-corrected chi connectivity index (χ1v) is 19.7. The molecule has 1 aliphatic carbocycles. The number of rotatable bonds is 11. The smallest absolute Gasteiger partial charge is 0.0149 e. The maximum absolute atomic E-state index is 3.91. The van der Waals surface area contributed by atoms with E-state index in [9.17, 15) is 0 Å². The van der Waals surface area contributed by atoms with Crippen LogP contribution >= 0.6 is 0 Å². The van der Waals surface area contributed by atoms with Crippen molar-refractivity contribution in [2.45, 2.75) is 201 Å². The van der Waals surface area contributed by atoms with Gasteiger partial charge < -0.3 is 0 Å². The monoisotopic (exact) mass is 631 g/mol. The lowest BCUT2D eigenvalue weighted by Gasteiger charge is -2.34. The summed E-state index contributed by atoms with van der Waals surface area (Å²) in [6.07, 6.45) is 20.2. The molecule has 0 heteroatoms. The quantitative estimate of drug-likeness (QED) is 0.213. The van der Waals surface area contributed by atoms with E-state index in [1.807, 2.05) is 46.8 Å². The Bertz CT molecular complexity index is 699. The third kappa shape index (κ3) is 33.9. The summed E-state index contributed by atoms with van der Waals surface area (Å²) in [7, 11) is 0. The summed E-state index contributed by atoms with van der Waals surface area (Å²) >= 11 is 0. The highest BCUT2D eigenvalue weighted by Crippen LogP contribution is 2.38. The third-order valence-corrected chi connectivity index (χ3v) is 8.69. The normalized spacial score (nSPS) is 13.4. The lowest BCUT2D eigenvalue weighted by molar-refractivity contribution is 0.210. The highest BCUT2D eigenvalue weighted by molar-refractivity contribution is 5.63. The van der Waals surface area contributed by atoms with Gasteiger partial charge in [0.15, 0.2) is 0 Å². The van der Waals surface area contributed by atoms with E-state index in [0.717, 1.165) is 29.2 Å². The second kappa shape index (κ2) is 38.9. The van der Waals surface area contributed by atoms with Gasteiger partial charge in [0.1, 0.15) is 0 Å². The fourth-order valence-corrected chi connectivity index (χ4v) is 5.13. The molecular weight excluding hydrogens is 540 g/mol. The van der Waals surface area contributed by atoms with Crippen LogP contribution in [0, 0.1) is 36.0 Å². The van der Waals surface area contributed by atoms with Gasteiger partial charge in [0.2, 0.25) is 0 Å². The molecule has 45 heavy (non-hydrogen) atoms. The van der Waals surface area contributed by atoms with Gasteiger partial charge in [-0.1, -0.05) is 211 Å². The molecule has 1 fully saturated rings. The summed E-state index contributed by atoms with van der Waals surface area (Å²) in [6, 6.07) is 8.28. The van der Waals surface area contributed by atoms with E-state index < -0.39 is 0 Å². The minimum absolute atomic E-state index is 0.375. The molecule has 0 aromatic heterocycles. The molecule has 1 aromatic carbocycles. The zero-order chi connectivity index (χ0) is 36.3. The Kier molecular flexibility index (Phi) is 46.0. The molecule has 270 valence electrons. The van der Waals surface area contributed by atoms with Gasteiger partial charge in [0.05, 0.1) is 0 Å². The van der Waals surface area contributed by atoms with Crippen molar-refractivity contribution in [1.82, 2.24) is 0 Å². The zero-order valence-electron chi connectivity index (χ0n) is 34.8. The fraction of sp³-hybridized carbons (Fsp3) is 0.778. The van der Waals surface area contributed by atoms with E-state index in [0.29, 0.717) is 5.41 Å². The topological polar surface area (TPSA) is 0 Å². The van der Waals surface area contributed by atoms with E-state index in [4.69, 9.17) is 0 Å². The standard InChI is InChI=1S/C12H26.C11H20.C10H12.C5H12.C3H8.2C2H6/c1-6-11(5)8-9-12(7-2)10(3)4;1-4-11(2,3)10-8-6-5-7-9-10;1-8(2)10-7-5-4-6-9(10)3;1-3-5-4-2;1-3-2;2*1-2/h10-12H,6-9H2,1-5H3;4,10H,1,5-9H2,2-3H3;4-7H,1H2,2-3H3;3-5H2,1-2H3;3H2,1-2H3;2*1-2H3. The Morgan fingerprint density at radius 3 is 1.58 bits per heavy atom. The summed E-state index contributed by atoms with van der Waals surface area (Å²) in [6.45, 7) is 44.9. The van der Waals surface area contributed by atoms with Gasteiger partial charge in [-0.2, -0.15) is 0 Å². The van der Waals surface area contributed by atoms with Crippen LogP contribution in [0.25, 0.3) is 5.57 Å². The van der Waals surface area contributed by atoms with E-state index in [-0.39, 0.29) is 0 Å². The number of benzene rings is 1. The predicted molar refractivity (Wildman–Crippen MR) is 218 cm³/mol. The molecule has 1 aromatic rings. The molecule has 0 bridgehead atoms. The van der Waals surface area contributed by atoms with Crippen molar-refractivity contribution in [1.29, 1.82) is 0 Å². The van der Waals surface area contributed by atoms with Crippen LogP contribution in [0.4, 0.5) is 0 Å². The Morgan fingerprint density at radius 2 is 1.29 bits per heavy atom. The van der Waals surface area contributed by atoms with Gasteiger partial charge in [0.25, 0.3) is 0 Å². The molecule has 1 saturated carbocycles. The molecule has 0 aliphatic heterocycles. The Labute approximate surface area is 289 Å². The largest absolute Gasteiger partial charge is 0.103 e. The second-order valence-corrected chi connectivity index (χ2v) is 13.5. The molecule has 0 amide bonds. The molecule has 0 N–H and O–H groups in total. The van der Waals surface area contributed by atoms with Crippen molar-refractivity contribution in [3.05, 3.63) is 54.6 Å². The number of allylic oxidation sites excluding steroid dienone is 2. The third-order valence-electron chi connectivity index (χ3n) is 8.69. The van der Waals surface area contributed by atoms with Crippen LogP contribution in [-0.2, 0) is 0 Å². The predicted octanol–water partition coefficient (Wildman–Crippen LogP) is 17.0. The summed E-state index contributed by atoms with van der Waals surface area (Å²) in [5, 5.41) is 0. The molecule has 2 unspecified atom stereocenters. The molecule has 1 aliphatic rings.